The lowest BCUT2D eigenvalue weighted by Crippen LogP contribution is -2.23. The minimum atomic E-state index is 0.164. The molecule has 0 aliphatic heterocycles. The second-order valence-corrected chi connectivity index (χ2v) is 15.7. The number of rotatable bonds is 38. The van der Waals surface area contributed by atoms with E-state index in [2.05, 4.69) is 62.5 Å². The van der Waals surface area contributed by atoms with Crippen molar-refractivity contribution in [3.8, 4) is 0 Å². The van der Waals surface area contributed by atoms with Crippen LogP contribution in [0.25, 0.3) is 0 Å². The summed E-state index contributed by atoms with van der Waals surface area (Å²) < 4.78 is 12.4. The molecule has 3 nitrogen and oxygen atoms in total. The summed E-state index contributed by atoms with van der Waals surface area (Å²) in [6.45, 7) is 8.93. The van der Waals surface area contributed by atoms with Crippen molar-refractivity contribution in [3.05, 3.63) is 60.4 Å². The quantitative estimate of drug-likeness (QED) is 0.0393. The van der Waals surface area contributed by atoms with Crippen molar-refractivity contribution in [2.45, 2.75) is 181 Å². The molecule has 1 unspecified atom stereocenters. The van der Waals surface area contributed by atoms with E-state index in [4.69, 9.17) is 15.2 Å². The monoisotopic (exact) mass is 706 g/mol. The highest BCUT2D eigenvalue weighted by atomic mass is 33.1. The van der Waals surface area contributed by atoms with E-state index in [0.717, 1.165) is 56.1 Å². The Balaban J connectivity index is 3.86. The van der Waals surface area contributed by atoms with Crippen LogP contribution < -0.4 is 5.73 Å². The molecule has 0 saturated heterocycles. The number of unbranched alkanes of at least 4 members (excludes halogenated alkanes) is 18. The summed E-state index contributed by atoms with van der Waals surface area (Å²) in [5.41, 5.74) is 6.91. The van der Waals surface area contributed by atoms with E-state index < -0.39 is 0 Å². The van der Waals surface area contributed by atoms with Gasteiger partial charge >= 0.3 is 0 Å². The van der Waals surface area contributed by atoms with Gasteiger partial charge in [-0.15, -0.1) is 0 Å². The Hall–Kier alpha value is -0.880. The normalized spacial score (nSPS) is 13.4. The molecule has 0 aliphatic carbocycles. The third-order valence-corrected chi connectivity index (χ3v) is 10.8. The topological polar surface area (TPSA) is 44.5 Å². The van der Waals surface area contributed by atoms with Gasteiger partial charge in [-0.2, -0.15) is 0 Å². The van der Waals surface area contributed by atoms with Crippen molar-refractivity contribution in [2.24, 2.45) is 5.73 Å². The van der Waals surface area contributed by atoms with Gasteiger partial charge in [0.15, 0.2) is 0 Å². The molecule has 0 radical (unpaired) electrons. The zero-order valence-corrected chi connectivity index (χ0v) is 33.6. The van der Waals surface area contributed by atoms with Crippen molar-refractivity contribution in [2.75, 3.05) is 31.3 Å². The second-order valence-electron chi connectivity index (χ2n) is 13.1. The number of nitrogens with two attached hydrogens (primary N) is 1. The van der Waals surface area contributed by atoms with E-state index in [-0.39, 0.29) is 6.10 Å². The summed E-state index contributed by atoms with van der Waals surface area (Å²) in [7, 11) is 3.68. The van der Waals surface area contributed by atoms with E-state index >= 15 is 0 Å². The zero-order valence-electron chi connectivity index (χ0n) is 32.0. The summed E-state index contributed by atoms with van der Waals surface area (Å²) in [6, 6.07) is 0. The summed E-state index contributed by atoms with van der Waals surface area (Å²) in [4.78, 5) is 0. The summed E-state index contributed by atoms with van der Waals surface area (Å²) >= 11 is 0. The first kappa shape index (κ1) is 47.1. The molecule has 280 valence electrons. The minimum absolute atomic E-state index is 0.164. The van der Waals surface area contributed by atoms with Crippen LogP contribution >= 0.6 is 21.6 Å². The molecule has 48 heavy (non-hydrogen) atoms. The average molecular weight is 706 g/mol. The van der Waals surface area contributed by atoms with Crippen LogP contribution in [-0.4, -0.2) is 37.4 Å². The van der Waals surface area contributed by atoms with E-state index in [1.165, 1.54) is 128 Å². The van der Waals surface area contributed by atoms with Crippen LogP contribution in [0.2, 0.25) is 0 Å². The van der Waals surface area contributed by atoms with E-state index in [9.17, 15) is 0 Å². The molecule has 5 heteroatoms. The van der Waals surface area contributed by atoms with Crippen molar-refractivity contribution in [1.82, 2.24) is 0 Å². The molecule has 0 heterocycles. The first-order chi connectivity index (χ1) is 23.7. The smallest absolute Gasteiger partial charge is 0.0906 e. The molecule has 0 aliphatic rings. The van der Waals surface area contributed by atoms with Gasteiger partial charge in [-0.05, 0) is 84.0 Å². The molecule has 0 spiro atoms. The Morgan fingerprint density at radius 3 is 1.46 bits per heavy atom. The molecule has 0 aromatic carbocycles. The second kappa shape index (κ2) is 42.3. The van der Waals surface area contributed by atoms with Gasteiger partial charge in [0.2, 0.25) is 0 Å². The molecule has 2 N–H and O–H groups in total. The molecular weight excluding hydrogens is 627 g/mol. The summed E-state index contributed by atoms with van der Waals surface area (Å²) in [5, 5.41) is 0. The van der Waals surface area contributed by atoms with Gasteiger partial charge in [-0.3, -0.25) is 0 Å². The molecule has 0 fully saturated rings. The first-order valence-corrected chi connectivity index (χ1v) is 22.7. The van der Waals surface area contributed by atoms with E-state index in [0.29, 0.717) is 6.61 Å². The Labute approximate surface area is 308 Å². The fourth-order valence-corrected chi connectivity index (χ4v) is 7.44. The first-order valence-electron chi connectivity index (χ1n) is 20.2. The maximum Gasteiger partial charge on any atom is 0.0906 e. The van der Waals surface area contributed by atoms with Crippen molar-refractivity contribution < 1.29 is 9.47 Å². The fourth-order valence-electron chi connectivity index (χ4n) is 5.21. The molecule has 0 rings (SSSR count). The lowest BCUT2D eigenvalue weighted by atomic mass is 10.1. The van der Waals surface area contributed by atoms with E-state index in [1.807, 2.05) is 34.6 Å². The van der Waals surface area contributed by atoms with Gasteiger partial charge in [0, 0.05) is 30.4 Å². The Bertz CT molecular complexity index is 777. The zero-order chi connectivity index (χ0) is 34.9. The molecule has 0 saturated carbocycles. The van der Waals surface area contributed by atoms with Crippen LogP contribution in [0.4, 0.5) is 0 Å². The number of hydrogen-bond donors (Lipinski definition) is 1. The highest BCUT2D eigenvalue weighted by molar-refractivity contribution is 8.76. The molecular formula is C43H79NO2S2. The van der Waals surface area contributed by atoms with Gasteiger partial charge in [0.05, 0.1) is 12.7 Å². The van der Waals surface area contributed by atoms with Crippen LogP contribution in [0, 0.1) is 0 Å². The van der Waals surface area contributed by atoms with Crippen molar-refractivity contribution in [3.63, 3.8) is 0 Å². The van der Waals surface area contributed by atoms with Crippen LogP contribution in [0.3, 0.4) is 0 Å². The maximum absolute atomic E-state index is 6.30. The third-order valence-electron chi connectivity index (χ3n) is 8.43. The largest absolute Gasteiger partial charge is 0.402 e. The van der Waals surface area contributed by atoms with Gasteiger partial charge in [0.1, 0.15) is 0 Å². The Kier molecular flexibility index (Phi) is 41.5. The van der Waals surface area contributed by atoms with Gasteiger partial charge in [-0.1, -0.05) is 167 Å². The SMILES string of the molecule is C/C=C(\N)CSSCC(COCCCCCCCC/C=C\C/C=C\CCCCC)OCCCCCCCC/C=C\C/C=C\CCCCC. The standard InChI is InChI=1S/C43H79NO2S2/c1-4-7-9-11-13-15-17-19-21-23-25-27-29-31-33-35-37-45-39-43(41-48-47-40-42(44)6-3)46-38-36-34-32-30-28-26-24-22-20-18-16-14-12-10-8-5-2/h6,13-16,19-22,43H,4-5,7-12,17-18,23-41,44H2,1-3H3/b15-13-,16-14-,21-19-,22-20-,42-6-. The predicted molar refractivity (Wildman–Crippen MR) is 222 cm³/mol. The van der Waals surface area contributed by atoms with Crippen LogP contribution in [0.5, 0.6) is 0 Å². The summed E-state index contributed by atoms with van der Waals surface area (Å²) in [6.07, 6.45) is 51.4. The van der Waals surface area contributed by atoms with Crippen LogP contribution in [0.15, 0.2) is 60.4 Å². The molecule has 0 bridgehead atoms. The number of hydrogen-bond acceptors (Lipinski definition) is 5. The Morgan fingerprint density at radius 1 is 0.542 bits per heavy atom. The molecule has 0 amide bonds. The van der Waals surface area contributed by atoms with Gasteiger partial charge in [-0.25, -0.2) is 0 Å². The van der Waals surface area contributed by atoms with Crippen LogP contribution in [-0.2, 0) is 9.47 Å². The maximum atomic E-state index is 6.30. The van der Waals surface area contributed by atoms with Gasteiger partial charge < -0.3 is 15.2 Å². The van der Waals surface area contributed by atoms with Crippen molar-refractivity contribution in [1.29, 1.82) is 0 Å². The summed E-state index contributed by atoms with van der Waals surface area (Å²) in [5.74, 6) is 1.82. The highest BCUT2D eigenvalue weighted by Gasteiger charge is 2.10. The lowest BCUT2D eigenvalue weighted by Gasteiger charge is -2.18. The minimum Gasteiger partial charge on any atom is -0.402 e. The molecule has 0 aromatic rings. The Morgan fingerprint density at radius 2 is 0.979 bits per heavy atom. The third kappa shape index (κ3) is 39.6. The van der Waals surface area contributed by atoms with Gasteiger partial charge in [0.25, 0.3) is 0 Å². The lowest BCUT2D eigenvalue weighted by molar-refractivity contribution is -0.00609. The highest BCUT2D eigenvalue weighted by Crippen LogP contribution is 2.24. The van der Waals surface area contributed by atoms with E-state index in [1.54, 1.807) is 0 Å². The molecule has 0 aromatic heterocycles. The predicted octanol–water partition coefficient (Wildman–Crippen LogP) is 14.3. The van der Waals surface area contributed by atoms with Crippen LogP contribution in [0.1, 0.15) is 175 Å². The number of allylic oxidation sites excluding steroid dienone is 9. The number of ether oxygens (including phenoxy) is 2. The van der Waals surface area contributed by atoms with Crippen molar-refractivity contribution >= 4 is 21.6 Å². The fraction of sp³-hybridized carbons (Fsp3) is 0.767. The molecule has 1 atom stereocenters. The average Bonchev–Trinajstić information content (AvgIpc) is 3.10.